The molecule has 0 atom stereocenters. The van der Waals surface area contributed by atoms with Crippen LogP contribution in [0.3, 0.4) is 0 Å². The molecule has 0 unspecified atom stereocenters. The molecule has 0 spiro atoms. The second-order valence-electron chi connectivity index (χ2n) is 3.59. The average molecular weight is 304 g/mol. The Kier molecular flexibility index (Phi) is 6.32. The maximum atomic E-state index is 5.87. The van der Waals surface area contributed by atoms with Crippen LogP contribution in [0.4, 0.5) is 5.69 Å². The van der Waals surface area contributed by atoms with Crippen molar-refractivity contribution in [2.45, 2.75) is 6.92 Å². The van der Waals surface area contributed by atoms with Crippen LogP contribution < -0.4 is 10.5 Å². The van der Waals surface area contributed by atoms with Crippen LogP contribution in [-0.2, 0) is 9.47 Å². The van der Waals surface area contributed by atoms with Crippen LogP contribution in [0.25, 0.3) is 0 Å². The van der Waals surface area contributed by atoms with Crippen LogP contribution in [-0.4, -0.2) is 33.5 Å². The number of halogens is 1. The van der Waals surface area contributed by atoms with Gasteiger partial charge in [0.05, 0.1) is 25.5 Å². The van der Waals surface area contributed by atoms with Gasteiger partial charge in [0.25, 0.3) is 0 Å². The summed E-state index contributed by atoms with van der Waals surface area (Å²) in [5.41, 5.74) is 7.51. The highest BCUT2D eigenvalue weighted by molar-refractivity contribution is 9.10. The van der Waals surface area contributed by atoms with Gasteiger partial charge in [-0.25, -0.2) is 0 Å². The molecule has 96 valence electrons. The number of aryl methyl sites for hydroxylation is 1. The van der Waals surface area contributed by atoms with E-state index in [4.69, 9.17) is 19.9 Å². The first-order valence-electron chi connectivity index (χ1n) is 5.40. The minimum Gasteiger partial charge on any atom is -0.489 e. The van der Waals surface area contributed by atoms with Gasteiger partial charge in [-0.15, -0.1) is 0 Å². The van der Waals surface area contributed by atoms with E-state index in [1.165, 1.54) is 0 Å². The summed E-state index contributed by atoms with van der Waals surface area (Å²) in [5.74, 6) is 0.726. The average Bonchev–Trinajstić information content (AvgIpc) is 2.26. The lowest BCUT2D eigenvalue weighted by Gasteiger charge is -2.12. The van der Waals surface area contributed by atoms with Crippen LogP contribution in [0, 0.1) is 6.92 Å². The molecule has 0 aromatic heterocycles. The summed E-state index contributed by atoms with van der Waals surface area (Å²) in [6.45, 7) is 4.14. The fraction of sp³-hybridized carbons (Fsp3) is 0.500. The molecule has 0 radical (unpaired) electrons. The van der Waals surface area contributed by atoms with Crippen molar-refractivity contribution in [2.75, 3.05) is 39.3 Å². The number of nitrogen functional groups attached to an aromatic ring is 1. The van der Waals surface area contributed by atoms with E-state index in [9.17, 15) is 0 Å². The Morgan fingerprint density at radius 2 is 1.88 bits per heavy atom. The zero-order valence-electron chi connectivity index (χ0n) is 10.2. The first kappa shape index (κ1) is 14.3. The van der Waals surface area contributed by atoms with E-state index < -0.39 is 0 Å². The third-order valence-electron chi connectivity index (χ3n) is 2.17. The van der Waals surface area contributed by atoms with Gasteiger partial charge < -0.3 is 19.9 Å². The van der Waals surface area contributed by atoms with E-state index in [0.29, 0.717) is 32.1 Å². The van der Waals surface area contributed by atoms with Gasteiger partial charge in [0.1, 0.15) is 12.4 Å². The van der Waals surface area contributed by atoms with Crippen molar-refractivity contribution >= 4 is 21.6 Å². The lowest BCUT2D eigenvalue weighted by atomic mass is 10.2. The van der Waals surface area contributed by atoms with Crippen molar-refractivity contribution in [3.63, 3.8) is 0 Å². The van der Waals surface area contributed by atoms with Gasteiger partial charge in [-0.1, -0.05) is 15.9 Å². The molecule has 1 rings (SSSR count). The first-order chi connectivity index (χ1) is 8.15. The monoisotopic (exact) mass is 303 g/mol. The van der Waals surface area contributed by atoms with Crippen LogP contribution in [0.1, 0.15) is 5.56 Å². The van der Waals surface area contributed by atoms with Crippen LogP contribution in [0.15, 0.2) is 16.6 Å². The Morgan fingerprint density at radius 3 is 2.53 bits per heavy atom. The molecule has 2 N–H and O–H groups in total. The predicted octanol–water partition coefficient (Wildman–Crippen LogP) is 2.38. The van der Waals surface area contributed by atoms with Crippen molar-refractivity contribution in [2.24, 2.45) is 0 Å². The van der Waals surface area contributed by atoms with Crippen molar-refractivity contribution in [3.05, 3.63) is 22.2 Å². The van der Waals surface area contributed by atoms with Crippen LogP contribution >= 0.6 is 15.9 Å². The second kappa shape index (κ2) is 7.53. The molecular weight excluding hydrogens is 286 g/mol. The Bertz CT molecular complexity index is 335. The highest BCUT2D eigenvalue weighted by Gasteiger charge is 2.05. The lowest BCUT2D eigenvalue weighted by molar-refractivity contribution is 0.0544. The highest BCUT2D eigenvalue weighted by atomic mass is 79.9. The molecule has 0 saturated carbocycles. The van der Waals surface area contributed by atoms with Crippen molar-refractivity contribution < 1.29 is 14.2 Å². The van der Waals surface area contributed by atoms with Crippen LogP contribution in [0.5, 0.6) is 5.75 Å². The molecule has 0 amide bonds. The number of hydrogen-bond donors (Lipinski definition) is 1. The van der Waals surface area contributed by atoms with E-state index >= 15 is 0 Å². The summed E-state index contributed by atoms with van der Waals surface area (Å²) in [7, 11) is 1.64. The van der Waals surface area contributed by atoms with Crippen LogP contribution in [0.2, 0.25) is 0 Å². The van der Waals surface area contributed by atoms with Crippen molar-refractivity contribution in [3.8, 4) is 5.75 Å². The number of hydrogen-bond acceptors (Lipinski definition) is 4. The molecule has 0 bridgehead atoms. The topological polar surface area (TPSA) is 53.7 Å². The second-order valence-corrected chi connectivity index (χ2v) is 4.51. The molecule has 5 heteroatoms. The molecule has 1 aromatic rings. The molecule has 0 heterocycles. The summed E-state index contributed by atoms with van der Waals surface area (Å²) in [4.78, 5) is 0. The van der Waals surface area contributed by atoms with Gasteiger partial charge in [-0.3, -0.25) is 0 Å². The van der Waals surface area contributed by atoms with Gasteiger partial charge in [0, 0.05) is 11.6 Å². The zero-order chi connectivity index (χ0) is 12.7. The highest BCUT2D eigenvalue weighted by Crippen LogP contribution is 2.29. The predicted molar refractivity (Wildman–Crippen MR) is 71.5 cm³/mol. The molecular formula is C12H18BrNO3. The number of benzene rings is 1. The van der Waals surface area contributed by atoms with E-state index in [2.05, 4.69) is 15.9 Å². The fourth-order valence-electron chi connectivity index (χ4n) is 1.40. The maximum Gasteiger partial charge on any atom is 0.145 e. The number of ether oxygens (including phenoxy) is 3. The molecule has 0 saturated heterocycles. The van der Waals surface area contributed by atoms with Gasteiger partial charge in [-0.2, -0.15) is 0 Å². The number of anilines is 1. The molecule has 4 nitrogen and oxygen atoms in total. The molecule has 17 heavy (non-hydrogen) atoms. The maximum absolute atomic E-state index is 5.87. The molecule has 0 fully saturated rings. The van der Waals surface area contributed by atoms with Gasteiger partial charge in [0.15, 0.2) is 0 Å². The largest absolute Gasteiger partial charge is 0.489 e. The summed E-state index contributed by atoms with van der Waals surface area (Å²) < 4.78 is 16.7. The third kappa shape index (κ3) is 4.93. The Balaban J connectivity index is 2.36. The Morgan fingerprint density at radius 1 is 1.18 bits per heavy atom. The fourth-order valence-corrected chi connectivity index (χ4v) is 1.99. The summed E-state index contributed by atoms with van der Waals surface area (Å²) >= 11 is 3.38. The quantitative estimate of drug-likeness (QED) is 0.621. The van der Waals surface area contributed by atoms with E-state index in [0.717, 1.165) is 15.8 Å². The van der Waals surface area contributed by atoms with Gasteiger partial charge in [-0.05, 0) is 24.6 Å². The standard InChI is InChI=1S/C12H18BrNO3/c1-9-7-10(13)8-11(14)12(9)17-6-5-16-4-3-15-2/h7-8H,3-6,14H2,1-2H3. The summed E-state index contributed by atoms with van der Waals surface area (Å²) in [6, 6.07) is 3.80. The van der Waals surface area contributed by atoms with Crippen molar-refractivity contribution in [1.29, 1.82) is 0 Å². The first-order valence-corrected chi connectivity index (χ1v) is 6.19. The van der Waals surface area contributed by atoms with Gasteiger partial charge in [0.2, 0.25) is 0 Å². The van der Waals surface area contributed by atoms with Crippen molar-refractivity contribution in [1.82, 2.24) is 0 Å². The number of nitrogens with two attached hydrogens (primary N) is 1. The molecule has 1 aromatic carbocycles. The Hall–Kier alpha value is -0.780. The third-order valence-corrected chi connectivity index (χ3v) is 2.63. The molecule has 0 aliphatic carbocycles. The number of rotatable bonds is 7. The Labute approximate surface area is 110 Å². The minimum atomic E-state index is 0.483. The lowest BCUT2D eigenvalue weighted by Crippen LogP contribution is -2.11. The SMILES string of the molecule is COCCOCCOc1c(C)cc(Br)cc1N. The summed E-state index contributed by atoms with van der Waals surface area (Å²) in [6.07, 6.45) is 0. The smallest absolute Gasteiger partial charge is 0.145 e. The van der Waals surface area contributed by atoms with E-state index in [1.807, 2.05) is 19.1 Å². The molecule has 0 aliphatic rings. The zero-order valence-corrected chi connectivity index (χ0v) is 11.7. The summed E-state index contributed by atoms with van der Waals surface area (Å²) in [5, 5.41) is 0. The minimum absolute atomic E-state index is 0.483. The van der Waals surface area contributed by atoms with E-state index in [-0.39, 0.29) is 0 Å². The normalized spacial score (nSPS) is 10.5. The number of methoxy groups -OCH3 is 1. The van der Waals surface area contributed by atoms with Gasteiger partial charge >= 0.3 is 0 Å². The van der Waals surface area contributed by atoms with E-state index in [1.54, 1.807) is 7.11 Å². The molecule has 0 aliphatic heterocycles.